The molecule has 29 heavy (non-hydrogen) atoms. The molecule has 1 aromatic heterocycles. The van der Waals surface area contributed by atoms with Crippen LogP contribution in [0, 0.1) is 0 Å². The molecule has 0 fully saturated rings. The molecule has 3 N–H and O–H groups in total. The summed E-state index contributed by atoms with van der Waals surface area (Å²) in [4.78, 5) is 19.1. The van der Waals surface area contributed by atoms with Gasteiger partial charge in [0.1, 0.15) is 11.1 Å². The Balaban J connectivity index is 1.68. The van der Waals surface area contributed by atoms with Crippen LogP contribution in [-0.2, 0) is 4.79 Å². The van der Waals surface area contributed by atoms with Crippen molar-refractivity contribution in [3.05, 3.63) is 65.2 Å². The molecule has 0 bridgehead atoms. The molecule has 0 radical (unpaired) electrons. The SMILES string of the molecule is CCN(CC)C(CNC(=O)C(O)C(O)c1nc2ccccc2s1)c1ccccc1. The number of hydrogen-bond donors (Lipinski definition) is 3. The van der Waals surface area contributed by atoms with Crippen molar-refractivity contribution in [3.63, 3.8) is 0 Å². The van der Waals surface area contributed by atoms with Crippen LogP contribution in [0.5, 0.6) is 0 Å². The third-order valence-electron chi connectivity index (χ3n) is 5.04. The van der Waals surface area contributed by atoms with Gasteiger partial charge in [-0.1, -0.05) is 56.3 Å². The average Bonchev–Trinajstić information content (AvgIpc) is 3.20. The molecule has 3 aromatic rings. The van der Waals surface area contributed by atoms with Crippen LogP contribution in [0.4, 0.5) is 0 Å². The molecule has 0 aliphatic carbocycles. The van der Waals surface area contributed by atoms with Crippen molar-refractivity contribution in [1.82, 2.24) is 15.2 Å². The molecule has 3 unspecified atom stereocenters. The Bertz CT molecular complexity index is 894. The molecule has 0 aliphatic rings. The van der Waals surface area contributed by atoms with E-state index in [0.717, 1.165) is 28.9 Å². The summed E-state index contributed by atoms with van der Waals surface area (Å²) in [5.41, 5.74) is 1.84. The number of amides is 1. The Morgan fingerprint density at radius 3 is 2.38 bits per heavy atom. The summed E-state index contributed by atoms with van der Waals surface area (Å²) in [5.74, 6) is -0.607. The van der Waals surface area contributed by atoms with E-state index in [4.69, 9.17) is 0 Å². The third-order valence-corrected chi connectivity index (χ3v) is 6.15. The molecular weight excluding hydrogens is 386 g/mol. The number of nitrogens with zero attached hydrogens (tertiary/aromatic N) is 2. The van der Waals surface area contributed by atoms with Crippen LogP contribution in [0.25, 0.3) is 10.2 Å². The first kappa shape index (κ1) is 21.4. The lowest BCUT2D eigenvalue weighted by Crippen LogP contribution is -2.43. The molecule has 3 atom stereocenters. The van der Waals surface area contributed by atoms with E-state index in [1.165, 1.54) is 11.3 Å². The zero-order valence-corrected chi connectivity index (χ0v) is 17.5. The Morgan fingerprint density at radius 2 is 1.72 bits per heavy atom. The summed E-state index contributed by atoms with van der Waals surface area (Å²) in [6.45, 7) is 6.17. The fourth-order valence-corrected chi connectivity index (χ4v) is 4.38. The van der Waals surface area contributed by atoms with Crippen molar-refractivity contribution in [2.75, 3.05) is 19.6 Å². The van der Waals surface area contributed by atoms with Crippen molar-refractivity contribution in [3.8, 4) is 0 Å². The number of hydrogen-bond acceptors (Lipinski definition) is 6. The quantitative estimate of drug-likeness (QED) is 0.502. The molecule has 0 spiro atoms. The highest BCUT2D eigenvalue weighted by Crippen LogP contribution is 2.28. The second-order valence-corrected chi connectivity index (χ2v) is 7.86. The lowest BCUT2D eigenvalue weighted by molar-refractivity contribution is -0.135. The maximum atomic E-state index is 12.5. The van der Waals surface area contributed by atoms with E-state index in [1.807, 2.05) is 54.6 Å². The van der Waals surface area contributed by atoms with Crippen LogP contribution >= 0.6 is 11.3 Å². The van der Waals surface area contributed by atoms with Gasteiger partial charge in [0.05, 0.1) is 16.3 Å². The smallest absolute Gasteiger partial charge is 0.252 e. The number of rotatable bonds is 9. The minimum atomic E-state index is -1.58. The minimum absolute atomic E-state index is 0.0121. The highest BCUT2D eigenvalue weighted by molar-refractivity contribution is 7.18. The maximum Gasteiger partial charge on any atom is 0.252 e. The molecule has 1 amide bonds. The number of aromatic nitrogens is 1. The van der Waals surface area contributed by atoms with Gasteiger partial charge in [-0.15, -0.1) is 11.3 Å². The van der Waals surface area contributed by atoms with E-state index in [0.29, 0.717) is 11.6 Å². The fraction of sp³-hybridized carbons (Fsp3) is 0.364. The number of fused-ring (bicyclic) bond motifs is 1. The second kappa shape index (κ2) is 9.93. The highest BCUT2D eigenvalue weighted by Gasteiger charge is 2.29. The van der Waals surface area contributed by atoms with Crippen molar-refractivity contribution in [1.29, 1.82) is 0 Å². The normalized spacial score (nSPS) is 14.7. The molecule has 154 valence electrons. The van der Waals surface area contributed by atoms with Crippen LogP contribution in [0.3, 0.4) is 0 Å². The first-order valence-electron chi connectivity index (χ1n) is 9.83. The molecule has 0 saturated heterocycles. The van der Waals surface area contributed by atoms with E-state index in [2.05, 4.69) is 29.0 Å². The molecular formula is C22H27N3O3S. The van der Waals surface area contributed by atoms with Gasteiger partial charge in [-0.05, 0) is 30.8 Å². The van der Waals surface area contributed by atoms with Gasteiger partial charge < -0.3 is 15.5 Å². The lowest BCUT2D eigenvalue weighted by atomic mass is 10.0. The average molecular weight is 414 g/mol. The number of carbonyl (C=O) groups excluding carboxylic acids is 1. The predicted octanol–water partition coefficient (Wildman–Crippen LogP) is 2.89. The number of aliphatic hydroxyl groups is 2. The molecule has 3 rings (SSSR count). The van der Waals surface area contributed by atoms with Crippen LogP contribution in [0.2, 0.25) is 0 Å². The summed E-state index contributed by atoms with van der Waals surface area (Å²) < 4.78 is 0.903. The molecule has 6 nitrogen and oxygen atoms in total. The van der Waals surface area contributed by atoms with E-state index >= 15 is 0 Å². The van der Waals surface area contributed by atoms with Crippen LogP contribution in [0.15, 0.2) is 54.6 Å². The standard InChI is InChI=1S/C22H27N3O3S/c1-3-25(4-2)17(15-10-6-5-7-11-15)14-23-21(28)19(26)20(27)22-24-16-12-8-9-13-18(16)29-22/h5-13,17,19-20,26-27H,3-4,14H2,1-2H3,(H,23,28). The first-order valence-corrected chi connectivity index (χ1v) is 10.6. The van der Waals surface area contributed by atoms with Gasteiger partial charge >= 0.3 is 0 Å². The third kappa shape index (κ3) is 5.00. The molecule has 2 aromatic carbocycles. The number of aliphatic hydroxyl groups excluding tert-OH is 2. The summed E-state index contributed by atoms with van der Waals surface area (Å²) in [7, 11) is 0. The number of carbonyl (C=O) groups is 1. The topological polar surface area (TPSA) is 85.7 Å². The van der Waals surface area contributed by atoms with Gasteiger partial charge in [-0.3, -0.25) is 9.69 Å². The van der Waals surface area contributed by atoms with Crippen molar-refractivity contribution in [2.24, 2.45) is 0 Å². The van der Waals surface area contributed by atoms with Gasteiger partial charge in [0.25, 0.3) is 5.91 Å². The monoisotopic (exact) mass is 413 g/mol. The van der Waals surface area contributed by atoms with Crippen molar-refractivity contribution < 1.29 is 15.0 Å². The Kier molecular flexibility index (Phi) is 7.33. The largest absolute Gasteiger partial charge is 0.383 e. The van der Waals surface area contributed by atoms with Gasteiger partial charge in [0, 0.05) is 6.54 Å². The summed E-state index contributed by atoms with van der Waals surface area (Å²) in [6, 6.07) is 17.4. The van der Waals surface area contributed by atoms with Gasteiger partial charge in [0.15, 0.2) is 6.10 Å². The minimum Gasteiger partial charge on any atom is -0.383 e. The summed E-state index contributed by atoms with van der Waals surface area (Å²) >= 11 is 1.28. The van der Waals surface area contributed by atoms with Crippen LogP contribution in [0.1, 0.15) is 36.6 Å². The van der Waals surface area contributed by atoms with Gasteiger partial charge in [-0.25, -0.2) is 4.98 Å². The molecule has 7 heteroatoms. The Morgan fingerprint density at radius 1 is 1.07 bits per heavy atom. The van der Waals surface area contributed by atoms with E-state index < -0.39 is 18.1 Å². The van der Waals surface area contributed by atoms with Crippen LogP contribution < -0.4 is 5.32 Å². The number of likely N-dealkylation sites (N-methyl/N-ethyl adjacent to an activating group) is 1. The van der Waals surface area contributed by atoms with E-state index in [1.54, 1.807) is 0 Å². The lowest BCUT2D eigenvalue weighted by Gasteiger charge is -2.30. The Labute approximate surface area is 174 Å². The van der Waals surface area contributed by atoms with E-state index in [-0.39, 0.29) is 6.04 Å². The van der Waals surface area contributed by atoms with E-state index in [9.17, 15) is 15.0 Å². The summed E-state index contributed by atoms with van der Waals surface area (Å²) in [6.07, 6.45) is -2.94. The number of benzene rings is 2. The highest BCUT2D eigenvalue weighted by atomic mass is 32.1. The fourth-order valence-electron chi connectivity index (χ4n) is 3.39. The van der Waals surface area contributed by atoms with Gasteiger partial charge in [-0.2, -0.15) is 0 Å². The van der Waals surface area contributed by atoms with Crippen LogP contribution in [-0.4, -0.2) is 51.7 Å². The van der Waals surface area contributed by atoms with Crippen molar-refractivity contribution >= 4 is 27.5 Å². The zero-order valence-electron chi connectivity index (χ0n) is 16.7. The first-order chi connectivity index (χ1) is 14.0. The number of thiazole rings is 1. The molecule has 0 saturated carbocycles. The zero-order chi connectivity index (χ0) is 20.8. The predicted molar refractivity (Wildman–Crippen MR) is 116 cm³/mol. The maximum absolute atomic E-state index is 12.5. The summed E-state index contributed by atoms with van der Waals surface area (Å²) in [5, 5.41) is 24.0. The Hall–Kier alpha value is -2.32. The molecule has 1 heterocycles. The number of nitrogens with one attached hydrogen (secondary N) is 1. The molecule has 0 aliphatic heterocycles. The second-order valence-electron chi connectivity index (χ2n) is 6.80. The number of para-hydroxylation sites is 1. The van der Waals surface area contributed by atoms with Gasteiger partial charge in [0.2, 0.25) is 0 Å². The van der Waals surface area contributed by atoms with Crippen molar-refractivity contribution in [2.45, 2.75) is 32.1 Å².